The maximum atomic E-state index is 3.70. The maximum absolute atomic E-state index is 3.70. The predicted molar refractivity (Wildman–Crippen MR) is 189 cm³/mol. The van der Waals surface area contributed by atoms with E-state index in [1.807, 2.05) is 0 Å². The molecule has 2 heteroatoms. The lowest BCUT2D eigenvalue weighted by molar-refractivity contribution is -0.727. The Kier molecular flexibility index (Phi) is 28.3. The molecule has 248 valence electrons. The molecule has 42 heavy (non-hydrogen) atoms. The van der Waals surface area contributed by atoms with Crippen LogP contribution in [0.4, 0.5) is 0 Å². The van der Waals surface area contributed by atoms with Gasteiger partial charge in [-0.2, -0.15) is 0 Å². The average Bonchev–Trinajstić information content (AvgIpc) is 3.49. The zero-order chi connectivity index (χ0) is 30.4. The summed E-state index contributed by atoms with van der Waals surface area (Å²) in [6, 6.07) is 0.621. The van der Waals surface area contributed by atoms with Crippen LogP contribution in [0, 0.1) is 0 Å². The predicted octanol–water partition coefficient (Wildman–Crippen LogP) is 14.1. The van der Waals surface area contributed by atoms with E-state index in [4.69, 9.17) is 0 Å². The topological polar surface area (TPSA) is 19.7 Å². The molecule has 2 nitrogen and oxygen atoms in total. The van der Waals surface area contributed by atoms with Crippen LogP contribution in [0.2, 0.25) is 0 Å². The Labute approximate surface area is 266 Å². The highest BCUT2D eigenvalue weighted by Gasteiger charge is 2.25. The first-order valence-electron chi connectivity index (χ1n) is 19.8. The third kappa shape index (κ3) is 21.8. The molecule has 0 spiro atoms. The average molecular weight is 588 g/mol. The van der Waals surface area contributed by atoms with E-state index in [9.17, 15) is 0 Å². The molecule has 0 amide bonds. The van der Waals surface area contributed by atoms with Gasteiger partial charge in [0.15, 0.2) is 0 Å². The Bertz CT molecular complexity index is 650. The molecule has 0 fully saturated rings. The highest BCUT2D eigenvalue weighted by atomic mass is 15.1. The minimum atomic E-state index is 0.621. The minimum absolute atomic E-state index is 0.621. The summed E-state index contributed by atoms with van der Waals surface area (Å²) in [7, 11) is 0. The molecular weight excluding hydrogens is 508 g/mol. The van der Waals surface area contributed by atoms with E-state index in [2.05, 4.69) is 49.6 Å². The van der Waals surface area contributed by atoms with Gasteiger partial charge in [-0.15, -0.1) is 0 Å². The third-order valence-electron chi connectivity index (χ3n) is 9.89. The lowest BCUT2D eigenvalue weighted by atomic mass is 9.93. The fourth-order valence-corrected chi connectivity index (χ4v) is 6.94. The highest BCUT2D eigenvalue weighted by molar-refractivity contribution is 4.90. The van der Waals surface area contributed by atoms with E-state index in [0.29, 0.717) is 12.0 Å². The number of rotatable bonds is 33. The number of aromatic nitrogens is 2. The van der Waals surface area contributed by atoms with Gasteiger partial charge in [0.25, 0.3) is 5.82 Å². The smallest absolute Gasteiger partial charge is 0.247 e. The molecular formula is C40H79N2+. The molecule has 1 heterocycles. The first kappa shape index (κ1) is 39.2. The maximum Gasteiger partial charge on any atom is 0.257 e. The van der Waals surface area contributed by atoms with Crippen LogP contribution in [0.3, 0.4) is 0 Å². The van der Waals surface area contributed by atoms with Gasteiger partial charge in [-0.05, 0) is 32.6 Å². The summed E-state index contributed by atoms with van der Waals surface area (Å²) >= 11 is 0. The standard InChI is InChI=1S/C40H78N2/c1-5-8-11-13-15-17-18-19-20-21-22-23-24-26-28-30-32-35-39(34-10-7-3)40-41-36-37-42(40)38(4)33-31-29-27-25-16-14-12-9-6-2/h36-39H,5-35H2,1-4H3/p+1. The Morgan fingerprint density at radius 1 is 0.452 bits per heavy atom. The van der Waals surface area contributed by atoms with Crippen molar-refractivity contribution < 1.29 is 4.57 Å². The van der Waals surface area contributed by atoms with Crippen molar-refractivity contribution in [3.8, 4) is 0 Å². The molecule has 0 aliphatic rings. The van der Waals surface area contributed by atoms with E-state index < -0.39 is 0 Å². The van der Waals surface area contributed by atoms with Crippen molar-refractivity contribution in [2.24, 2.45) is 0 Å². The van der Waals surface area contributed by atoms with Crippen LogP contribution in [0.15, 0.2) is 12.4 Å². The second-order valence-corrected chi connectivity index (χ2v) is 14.0. The van der Waals surface area contributed by atoms with Crippen LogP contribution in [-0.2, 0) is 0 Å². The van der Waals surface area contributed by atoms with Gasteiger partial charge in [0, 0.05) is 0 Å². The van der Waals surface area contributed by atoms with Crippen LogP contribution in [0.1, 0.15) is 245 Å². The summed E-state index contributed by atoms with van der Waals surface area (Å²) in [5, 5.41) is 0. The van der Waals surface area contributed by atoms with Gasteiger partial charge in [-0.3, -0.25) is 0 Å². The van der Waals surface area contributed by atoms with Gasteiger partial charge in [-0.1, -0.05) is 194 Å². The molecule has 0 radical (unpaired) electrons. The van der Waals surface area contributed by atoms with Gasteiger partial charge in [0.1, 0.15) is 12.4 Å². The van der Waals surface area contributed by atoms with E-state index in [0.717, 1.165) is 0 Å². The molecule has 0 saturated heterocycles. The quantitative estimate of drug-likeness (QED) is 0.0623. The van der Waals surface area contributed by atoms with Crippen molar-refractivity contribution in [1.29, 1.82) is 0 Å². The molecule has 1 N–H and O–H groups in total. The first-order valence-corrected chi connectivity index (χ1v) is 19.8. The lowest BCUT2D eigenvalue weighted by Crippen LogP contribution is -2.41. The fourth-order valence-electron chi connectivity index (χ4n) is 6.94. The van der Waals surface area contributed by atoms with Crippen LogP contribution in [0.5, 0.6) is 0 Å². The van der Waals surface area contributed by atoms with Gasteiger partial charge in [0.2, 0.25) is 0 Å². The number of nitrogens with one attached hydrogen (secondary N) is 1. The van der Waals surface area contributed by atoms with Gasteiger partial charge >= 0.3 is 0 Å². The Balaban J connectivity index is 2.15. The Morgan fingerprint density at radius 2 is 0.786 bits per heavy atom. The monoisotopic (exact) mass is 588 g/mol. The van der Waals surface area contributed by atoms with Gasteiger partial charge in [0.05, 0.1) is 12.0 Å². The molecule has 1 rings (SSSR count). The molecule has 0 bridgehead atoms. The van der Waals surface area contributed by atoms with Crippen molar-refractivity contribution in [3.63, 3.8) is 0 Å². The number of H-pyrrole nitrogens is 1. The summed E-state index contributed by atoms with van der Waals surface area (Å²) in [6.07, 6.45) is 48.8. The van der Waals surface area contributed by atoms with Crippen molar-refractivity contribution in [3.05, 3.63) is 18.2 Å². The van der Waals surface area contributed by atoms with Gasteiger partial charge in [-0.25, -0.2) is 9.55 Å². The summed E-state index contributed by atoms with van der Waals surface area (Å²) in [6.45, 7) is 9.42. The summed E-state index contributed by atoms with van der Waals surface area (Å²) in [5.74, 6) is 2.23. The van der Waals surface area contributed by atoms with E-state index in [-0.39, 0.29) is 0 Å². The van der Waals surface area contributed by atoms with Crippen molar-refractivity contribution in [2.45, 2.75) is 239 Å². The first-order chi connectivity index (χ1) is 20.7. The van der Waals surface area contributed by atoms with Crippen molar-refractivity contribution in [2.75, 3.05) is 0 Å². The van der Waals surface area contributed by atoms with Crippen LogP contribution < -0.4 is 4.57 Å². The molecule has 1 aromatic heterocycles. The molecule has 0 aliphatic heterocycles. The normalized spacial score (nSPS) is 13.1. The molecule has 0 saturated carbocycles. The lowest BCUT2D eigenvalue weighted by Gasteiger charge is -2.17. The van der Waals surface area contributed by atoms with Crippen LogP contribution in [-0.4, -0.2) is 4.98 Å². The van der Waals surface area contributed by atoms with Crippen LogP contribution >= 0.6 is 0 Å². The number of aromatic amines is 1. The zero-order valence-electron chi connectivity index (χ0n) is 29.7. The molecule has 0 aromatic carbocycles. The second kappa shape index (κ2) is 30.2. The highest BCUT2D eigenvalue weighted by Crippen LogP contribution is 2.27. The number of nitrogens with zero attached hydrogens (tertiary/aromatic N) is 1. The summed E-state index contributed by atoms with van der Waals surface area (Å²) in [5.41, 5.74) is 0. The summed E-state index contributed by atoms with van der Waals surface area (Å²) < 4.78 is 2.61. The van der Waals surface area contributed by atoms with Crippen molar-refractivity contribution in [1.82, 2.24) is 4.98 Å². The van der Waals surface area contributed by atoms with Crippen molar-refractivity contribution >= 4 is 0 Å². The fraction of sp³-hybridized carbons (Fsp3) is 0.925. The Morgan fingerprint density at radius 3 is 1.19 bits per heavy atom. The van der Waals surface area contributed by atoms with Crippen LogP contribution in [0.25, 0.3) is 0 Å². The van der Waals surface area contributed by atoms with E-state index >= 15 is 0 Å². The van der Waals surface area contributed by atoms with E-state index in [1.54, 1.807) is 0 Å². The largest absolute Gasteiger partial charge is 0.257 e. The second-order valence-electron chi connectivity index (χ2n) is 14.0. The zero-order valence-corrected chi connectivity index (χ0v) is 29.7. The number of imidazole rings is 1. The number of hydrogen-bond acceptors (Lipinski definition) is 0. The SMILES string of the molecule is CCCCCCCCCCCCCCCCCCCC(CCCC)c1[nH]cc[n+]1C(C)CCCCCCCCCCC. The Hall–Kier alpha value is -0.790. The minimum Gasteiger partial charge on any atom is -0.247 e. The summed E-state index contributed by atoms with van der Waals surface area (Å²) in [4.78, 5) is 3.70. The molecule has 0 aliphatic carbocycles. The van der Waals surface area contributed by atoms with Gasteiger partial charge < -0.3 is 0 Å². The molecule has 2 unspecified atom stereocenters. The molecule has 1 aromatic rings. The number of unbranched alkanes of at least 4 members (excludes halogenated alkanes) is 25. The number of hydrogen-bond donors (Lipinski definition) is 1. The third-order valence-corrected chi connectivity index (χ3v) is 9.89. The van der Waals surface area contributed by atoms with E-state index in [1.165, 1.54) is 205 Å². The molecule has 2 atom stereocenters.